The Hall–Kier alpha value is 5.56. The van der Waals surface area contributed by atoms with Gasteiger partial charge in [-0.1, -0.05) is 0 Å². The third kappa shape index (κ3) is 499. The molecule has 0 aliphatic carbocycles. The van der Waals surface area contributed by atoms with Crippen LogP contribution in [0.25, 0.3) is 0 Å². The van der Waals surface area contributed by atoms with Gasteiger partial charge in [0.15, 0.2) is 0 Å². The molecule has 0 N–H and O–H groups in total. The van der Waals surface area contributed by atoms with Gasteiger partial charge in [-0.25, -0.2) is 0 Å². The summed E-state index contributed by atoms with van der Waals surface area (Å²) in [4.78, 5) is 0. The van der Waals surface area contributed by atoms with Gasteiger partial charge in [0.25, 0.3) is 0 Å². The first-order chi connectivity index (χ1) is 0. The maximum Gasteiger partial charge on any atom is 5.00 e. The van der Waals surface area contributed by atoms with Gasteiger partial charge in [0.1, 0.15) is 0 Å². The summed E-state index contributed by atoms with van der Waals surface area (Å²) in [5.41, 5.74) is 0. The van der Waals surface area contributed by atoms with Crippen LogP contribution in [0.5, 0.6) is 0 Å². The van der Waals surface area contributed by atoms with E-state index in [2.05, 4.69) is 0 Å². The number of hydrogen-bond acceptors (Lipinski definition) is 0. The molecule has 0 unspecified atom stereocenters. The average Bonchev–Trinajstić information content (AvgIpc) is 0. The Bertz CT molecular complexity index is 33.3. The van der Waals surface area contributed by atoms with Crippen LogP contribution in [-0.2, 0) is 183 Å². The minimum atomic E-state index is 0. The van der Waals surface area contributed by atoms with E-state index in [9.17, 15) is 0 Å². The second-order valence-electron chi connectivity index (χ2n) is 0. The van der Waals surface area contributed by atoms with Crippen LogP contribution in [-0.4, -0.2) is 78.6 Å². The van der Waals surface area contributed by atoms with E-state index in [0.29, 0.717) is 0 Å². The summed E-state index contributed by atoms with van der Waals surface area (Å²) in [6, 6.07) is 0. The van der Waals surface area contributed by atoms with Crippen LogP contribution in [0.2, 0.25) is 0 Å². The fourth-order valence-corrected chi connectivity index (χ4v) is 0. The van der Waals surface area contributed by atoms with Crippen LogP contribution in [0.3, 0.4) is 0 Å². The molecular formula is Bi3Nb3O14Zn2. The first-order valence-electron chi connectivity index (χ1n) is 0. The van der Waals surface area contributed by atoms with E-state index >= 15 is 0 Å². The maximum atomic E-state index is 0. The van der Waals surface area contributed by atoms with Crippen molar-refractivity contribution in [2.24, 2.45) is 0 Å². The van der Waals surface area contributed by atoms with Crippen molar-refractivity contribution < 1.29 is 183 Å². The molecule has 0 aliphatic heterocycles. The molecule has 0 aliphatic rings. The topological polar surface area (TPSA) is 399 Å². The molecule has 22 heavy (non-hydrogen) atoms. The van der Waals surface area contributed by atoms with Crippen molar-refractivity contribution in [2.75, 3.05) is 0 Å². The Morgan fingerprint density at radius 3 is 0.182 bits per heavy atom. The van der Waals surface area contributed by atoms with Crippen molar-refractivity contribution in [3.8, 4) is 0 Å². The molecule has 0 atom stereocenters. The average molecular weight is 1260 g/mol. The minimum Gasteiger partial charge on any atom is -2.00 e. The molecule has 14 nitrogen and oxygen atoms in total. The van der Waals surface area contributed by atoms with Gasteiger partial charge >= 0.3 is 185 Å². The zero-order chi connectivity index (χ0) is 0. The minimum absolute atomic E-state index is 0. The summed E-state index contributed by atoms with van der Waals surface area (Å²) in [6.45, 7) is 0. The van der Waals surface area contributed by atoms with Gasteiger partial charge in [-0.2, -0.15) is 0 Å². The summed E-state index contributed by atoms with van der Waals surface area (Å²) in [6.07, 6.45) is 0. The van der Waals surface area contributed by atoms with Crippen LogP contribution in [0.4, 0.5) is 0 Å². The van der Waals surface area contributed by atoms with Crippen LogP contribution >= 0.6 is 0 Å². The van der Waals surface area contributed by atoms with Gasteiger partial charge in [-0.15, -0.1) is 0 Å². The van der Waals surface area contributed by atoms with Gasteiger partial charge in [0, 0.05) is 0 Å². The van der Waals surface area contributed by atoms with E-state index in [1.165, 1.54) is 0 Å². The van der Waals surface area contributed by atoms with Gasteiger partial charge in [0.2, 0.25) is 0 Å². The van der Waals surface area contributed by atoms with Gasteiger partial charge in [0.05, 0.1) is 0 Å². The molecule has 0 rings (SSSR count). The predicted molar refractivity (Wildman–Crippen MR) is 26.9 cm³/mol. The van der Waals surface area contributed by atoms with Gasteiger partial charge < -0.3 is 76.7 Å². The predicted octanol–water partition coefficient (Wildman–Crippen LogP) is -2.82. The number of hydrogen-bond donors (Lipinski definition) is 0. The molecule has 0 aromatic heterocycles. The Morgan fingerprint density at radius 1 is 0.182 bits per heavy atom. The van der Waals surface area contributed by atoms with Crippen LogP contribution < -0.4 is 0 Å². The second kappa shape index (κ2) is 562. The van der Waals surface area contributed by atoms with Crippen molar-refractivity contribution in [3.63, 3.8) is 0 Å². The first-order valence-corrected chi connectivity index (χ1v) is 0. The summed E-state index contributed by atoms with van der Waals surface area (Å²) in [7, 11) is 0. The molecule has 0 saturated carbocycles. The molecule has 22 heteroatoms. The summed E-state index contributed by atoms with van der Waals surface area (Å²) < 4.78 is 0. The van der Waals surface area contributed by atoms with Gasteiger partial charge in [-0.3, -0.25) is 0 Å². The summed E-state index contributed by atoms with van der Waals surface area (Å²) in [5.74, 6) is 0. The Balaban J connectivity index is 0. The maximum absolute atomic E-state index is 0. The van der Waals surface area contributed by atoms with E-state index in [-0.39, 0.29) is 261 Å². The first kappa shape index (κ1) is 629. The molecule has 0 amide bonds. The second-order valence-corrected chi connectivity index (χ2v) is 0. The van der Waals surface area contributed by atoms with E-state index in [0.717, 1.165) is 0 Å². The normalized spacial score (nSPS) is 0. The zero-order valence-electron chi connectivity index (χ0n) is 9.81. The van der Waals surface area contributed by atoms with Crippen LogP contribution in [0.15, 0.2) is 0 Å². The molecule has 0 heterocycles. The quantitative estimate of drug-likeness (QED) is 0.222. The Kier molecular flexibility index (Phi) is 16100. The molecule has 6 radical (unpaired) electrons. The SMILES string of the molecule is [Bi+3].[Bi+3].[Bi+3].[Nb+5].[Nb+5].[Nb+5].[O-2].[O-2].[O-2].[O-2].[O-2].[O-2].[O-2].[O-2].[O-2].[O-2].[O-2].[O-2].[O-2].[O-2].[Zn+2].[Zn+2]. The van der Waals surface area contributed by atoms with Crippen LogP contribution in [0.1, 0.15) is 0 Å². The smallest absolute Gasteiger partial charge is 2.00 e. The standard InChI is InChI=1S/3Bi.3Nb.14O.2Zn/q3*+3;3*+5;14*-2;2*+2. The molecule has 0 bridgehead atoms. The third-order valence-electron chi connectivity index (χ3n) is 0. The fraction of sp³-hybridized carbons (Fsp3) is 0. The molecule has 0 fully saturated rings. The molecule has 0 aromatic rings. The molecule has 118 valence electrons. The third-order valence-corrected chi connectivity index (χ3v) is 0. The van der Waals surface area contributed by atoms with E-state index in [1.807, 2.05) is 0 Å². The van der Waals surface area contributed by atoms with E-state index < -0.39 is 0 Å². The van der Waals surface area contributed by atoms with E-state index in [4.69, 9.17) is 0 Å². The molecule has 0 aromatic carbocycles. The van der Waals surface area contributed by atoms with Crippen molar-refractivity contribution in [1.82, 2.24) is 0 Å². The van der Waals surface area contributed by atoms with Crippen molar-refractivity contribution >= 4 is 78.6 Å². The summed E-state index contributed by atoms with van der Waals surface area (Å²) >= 11 is 0. The molecular weight excluding hydrogens is 1260 g/mol. The zero-order valence-corrected chi connectivity index (χ0v) is 32.8. The van der Waals surface area contributed by atoms with Crippen molar-refractivity contribution in [2.45, 2.75) is 0 Å². The van der Waals surface area contributed by atoms with Crippen molar-refractivity contribution in [3.05, 3.63) is 0 Å². The molecule has 0 saturated heterocycles. The molecule has 0 spiro atoms. The monoisotopic (exact) mass is 1260 g/mol. The van der Waals surface area contributed by atoms with Crippen molar-refractivity contribution in [1.29, 1.82) is 0 Å². The van der Waals surface area contributed by atoms with Gasteiger partial charge in [-0.05, 0) is 0 Å². The summed E-state index contributed by atoms with van der Waals surface area (Å²) in [5, 5.41) is 0. The number of rotatable bonds is 0. The van der Waals surface area contributed by atoms with E-state index in [1.54, 1.807) is 0 Å². The Morgan fingerprint density at radius 2 is 0.182 bits per heavy atom. The van der Waals surface area contributed by atoms with Crippen LogP contribution in [0, 0.1) is 0 Å². The largest absolute Gasteiger partial charge is 5.00 e. The fourth-order valence-electron chi connectivity index (χ4n) is 0. The Labute approximate surface area is 257 Å².